The van der Waals surface area contributed by atoms with E-state index in [-0.39, 0.29) is 11.9 Å². The standard InChI is InChI=1S/C15H21ClN2O2/c1-11(2)20-15-4-3-12(16)9-13(15)14(19)10-18-7-5-17-6-8-18/h3-4,9,11,17H,5-8,10H2,1-2H3. The van der Waals surface area contributed by atoms with Gasteiger partial charge in [-0.2, -0.15) is 0 Å². The molecule has 1 N–H and O–H groups in total. The highest BCUT2D eigenvalue weighted by atomic mass is 35.5. The van der Waals surface area contributed by atoms with Gasteiger partial charge >= 0.3 is 0 Å². The van der Waals surface area contributed by atoms with Crippen molar-refractivity contribution >= 4 is 17.4 Å². The van der Waals surface area contributed by atoms with Crippen molar-refractivity contribution in [2.24, 2.45) is 0 Å². The first-order valence-electron chi connectivity index (χ1n) is 6.99. The molecule has 1 aromatic rings. The second-order valence-electron chi connectivity index (χ2n) is 5.26. The molecule has 2 rings (SSSR count). The third kappa shape index (κ3) is 4.20. The van der Waals surface area contributed by atoms with Crippen molar-refractivity contribution in [1.29, 1.82) is 0 Å². The minimum atomic E-state index is 0.0295. The second-order valence-corrected chi connectivity index (χ2v) is 5.69. The highest BCUT2D eigenvalue weighted by Gasteiger charge is 2.19. The topological polar surface area (TPSA) is 41.6 Å². The molecule has 1 saturated heterocycles. The number of Topliss-reactive ketones (excluding diaryl/α,β-unsaturated/α-hetero) is 1. The van der Waals surface area contributed by atoms with Gasteiger partial charge in [-0.05, 0) is 32.0 Å². The summed E-state index contributed by atoms with van der Waals surface area (Å²) < 4.78 is 5.70. The number of hydrogen-bond acceptors (Lipinski definition) is 4. The predicted molar refractivity (Wildman–Crippen MR) is 80.9 cm³/mol. The Morgan fingerprint density at radius 1 is 1.40 bits per heavy atom. The lowest BCUT2D eigenvalue weighted by Crippen LogP contribution is -2.45. The van der Waals surface area contributed by atoms with Gasteiger partial charge in [-0.3, -0.25) is 9.69 Å². The van der Waals surface area contributed by atoms with Crippen LogP contribution in [-0.4, -0.2) is 49.5 Å². The molecule has 0 saturated carbocycles. The maximum Gasteiger partial charge on any atom is 0.180 e. The lowest BCUT2D eigenvalue weighted by molar-refractivity contribution is 0.0916. The summed E-state index contributed by atoms with van der Waals surface area (Å²) >= 11 is 6.01. The number of ketones is 1. The van der Waals surface area contributed by atoms with Crippen molar-refractivity contribution in [2.45, 2.75) is 20.0 Å². The van der Waals surface area contributed by atoms with Crippen molar-refractivity contribution in [1.82, 2.24) is 10.2 Å². The van der Waals surface area contributed by atoms with Gasteiger partial charge in [-0.25, -0.2) is 0 Å². The highest BCUT2D eigenvalue weighted by molar-refractivity contribution is 6.31. The van der Waals surface area contributed by atoms with Gasteiger partial charge in [-0.1, -0.05) is 11.6 Å². The zero-order valence-corrected chi connectivity index (χ0v) is 12.7. The Labute approximate surface area is 125 Å². The molecule has 0 spiro atoms. The van der Waals surface area contributed by atoms with Gasteiger partial charge in [0.25, 0.3) is 0 Å². The number of rotatable bonds is 5. The van der Waals surface area contributed by atoms with Gasteiger partial charge < -0.3 is 10.1 Å². The lowest BCUT2D eigenvalue weighted by atomic mass is 10.1. The third-order valence-electron chi connectivity index (χ3n) is 3.18. The Kier molecular flexibility index (Phi) is 5.40. The van der Waals surface area contributed by atoms with Crippen LogP contribution in [-0.2, 0) is 0 Å². The molecule has 0 atom stereocenters. The van der Waals surface area contributed by atoms with E-state index in [0.717, 1.165) is 26.2 Å². The first-order chi connectivity index (χ1) is 9.56. The number of hydrogen-bond donors (Lipinski definition) is 1. The molecule has 0 unspecified atom stereocenters. The molecule has 0 radical (unpaired) electrons. The summed E-state index contributed by atoms with van der Waals surface area (Å²) in [5.74, 6) is 0.676. The van der Waals surface area contributed by atoms with E-state index in [4.69, 9.17) is 16.3 Å². The fourth-order valence-electron chi connectivity index (χ4n) is 2.23. The van der Waals surface area contributed by atoms with Crippen molar-refractivity contribution in [3.63, 3.8) is 0 Å². The summed E-state index contributed by atoms with van der Waals surface area (Å²) in [4.78, 5) is 14.6. The Morgan fingerprint density at radius 3 is 2.75 bits per heavy atom. The van der Waals surface area contributed by atoms with Crippen LogP contribution in [0.4, 0.5) is 0 Å². The van der Waals surface area contributed by atoms with Gasteiger partial charge in [0.1, 0.15) is 5.75 Å². The molecule has 4 nitrogen and oxygen atoms in total. The highest BCUT2D eigenvalue weighted by Crippen LogP contribution is 2.24. The molecular formula is C15H21ClN2O2. The quantitative estimate of drug-likeness (QED) is 0.846. The molecule has 0 aliphatic carbocycles. The monoisotopic (exact) mass is 296 g/mol. The van der Waals surface area contributed by atoms with Crippen LogP contribution in [0, 0.1) is 0 Å². The van der Waals surface area contributed by atoms with Crippen LogP contribution in [0.5, 0.6) is 5.75 Å². The van der Waals surface area contributed by atoms with Crippen molar-refractivity contribution in [3.8, 4) is 5.75 Å². The van der Waals surface area contributed by atoms with E-state index in [1.807, 2.05) is 13.8 Å². The Morgan fingerprint density at radius 2 is 2.10 bits per heavy atom. The van der Waals surface area contributed by atoms with Crippen LogP contribution >= 0.6 is 11.6 Å². The Bertz CT molecular complexity index is 471. The predicted octanol–water partition coefficient (Wildman–Crippen LogP) is 2.22. The maximum absolute atomic E-state index is 12.5. The molecule has 1 fully saturated rings. The molecule has 1 aromatic carbocycles. The van der Waals surface area contributed by atoms with E-state index >= 15 is 0 Å². The fraction of sp³-hybridized carbons (Fsp3) is 0.533. The summed E-state index contributed by atoms with van der Waals surface area (Å²) in [7, 11) is 0. The van der Waals surface area contributed by atoms with Crippen LogP contribution in [0.3, 0.4) is 0 Å². The average molecular weight is 297 g/mol. The van der Waals surface area contributed by atoms with Gasteiger partial charge in [0.15, 0.2) is 5.78 Å². The van der Waals surface area contributed by atoms with Gasteiger partial charge in [0, 0.05) is 31.2 Å². The molecule has 1 aliphatic rings. The maximum atomic E-state index is 12.5. The van der Waals surface area contributed by atoms with E-state index in [1.54, 1.807) is 18.2 Å². The average Bonchev–Trinajstić information content (AvgIpc) is 2.41. The number of carbonyl (C=O) groups excluding carboxylic acids is 1. The van der Waals surface area contributed by atoms with Crippen LogP contribution in [0.25, 0.3) is 0 Å². The number of piperazine rings is 1. The van der Waals surface area contributed by atoms with Crippen LogP contribution in [0.15, 0.2) is 18.2 Å². The lowest BCUT2D eigenvalue weighted by Gasteiger charge is -2.26. The first-order valence-corrected chi connectivity index (χ1v) is 7.36. The minimum absolute atomic E-state index is 0.0295. The van der Waals surface area contributed by atoms with E-state index < -0.39 is 0 Å². The van der Waals surface area contributed by atoms with Crippen molar-refractivity contribution < 1.29 is 9.53 Å². The number of carbonyl (C=O) groups is 1. The molecule has 0 bridgehead atoms. The van der Waals surface area contributed by atoms with Crippen LogP contribution < -0.4 is 10.1 Å². The molecule has 110 valence electrons. The zero-order chi connectivity index (χ0) is 14.5. The summed E-state index contributed by atoms with van der Waals surface area (Å²) in [6.07, 6.45) is 0.0295. The normalized spacial score (nSPS) is 16.4. The second kappa shape index (κ2) is 7.07. The fourth-order valence-corrected chi connectivity index (χ4v) is 2.41. The summed E-state index contributed by atoms with van der Waals surface area (Å²) in [5, 5.41) is 3.84. The summed E-state index contributed by atoms with van der Waals surface area (Å²) in [5.41, 5.74) is 0.574. The molecule has 1 heterocycles. The van der Waals surface area contributed by atoms with Crippen LogP contribution in [0.2, 0.25) is 5.02 Å². The summed E-state index contributed by atoms with van der Waals surface area (Å²) in [6.45, 7) is 7.95. The third-order valence-corrected chi connectivity index (χ3v) is 3.42. The van der Waals surface area contributed by atoms with E-state index in [1.165, 1.54) is 0 Å². The van der Waals surface area contributed by atoms with E-state index in [2.05, 4.69) is 10.2 Å². The van der Waals surface area contributed by atoms with Crippen LogP contribution in [0.1, 0.15) is 24.2 Å². The van der Waals surface area contributed by atoms with E-state index in [0.29, 0.717) is 22.9 Å². The number of nitrogens with one attached hydrogen (secondary N) is 1. The number of halogens is 1. The molecule has 0 amide bonds. The van der Waals surface area contributed by atoms with Gasteiger partial charge in [-0.15, -0.1) is 0 Å². The Hall–Kier alpha value is -1.10. The minimum Gasteiger partial charge on any atom is -0.490 e. The molecular weight excluding hydrogens is 276 g/mol. The molecule has 0 aromatic heterocycles. The molecule has 20 heavy (non-hydrogen) atoms. The molecule has 5 heteroatoms. The Balaban J connectivity index is 2.12. The number of benzene rings is 1. The van der Waals surface area contributed by atoms with E-state index in [9.17, 15) is 4.79 Å². The number of ether oxygens (including phenoxy) is 1. The largest absolute Gasteiger partial charge is 0.490 e. The first kappa shape index (κ1) is 15.3. The SMILES string of the molecule is CC(C)Oc1ccc(Cl)cc1C(=O)CN1CCNCC1. The summed E-state index contributed by atoms with van der Waals surface area (Å²) in [6, 6.07) is 5.22. The van der Waals surface area contributed by atoms with Crippen molar-refractivity contribution in [3.05, 3.63) is 28.8 Å². The smallest absolute Gasteiger partial charge is 0.180 e. The van der Waals surface area contributed by atoms with Crippen molar-refractivity contribution in [2.75, 3.05) is 32.7 Å². The van der Waals surface area contributed by atoms with Gasteiger partial charge in [0.2, 0.25) is 0 Å². The van der Waals surface area contributed by atoms with Gasteiger partial charge in [0.05, 0.1) is 18.2 Å². The zero-order valence-electron chi connectivity index (χ0n) is 12.0. The molecule has 1 aliphatic heterocycles. The number of nitrogens with zero attached hydrogens (tertiary/aromatic N) is 1.